The highest BCUT2D eigenvalue weighted by Gasteiger charge is 2.39. The molecular weight excluding hydrogens is 377 g/mol. The number of amides is 1. The van der Waals surface area contributed by atoms with Crippen LogP contribution in [0.15, 0.2) is 18.2 Å². The molecule has 11 heteroatoms. The molecule has 1 aromatic carbocycles. The molecule has 1 aromatic heterocycles. The molecule has 1 amide bonds. The standard InChI is InChI=1S/C17H19F3N6O2/c1-24-12-6-10(2-3-13(12)28-9-11(21)15(24)27)7-25-4-5-26-14(8-25)22-23-16(26)17(18,19)20/h2-3,6,11H,4-5,7-9,21H2,1H3/t11-/m0/s1. The Hall–Kier alpha value is -2.66. The Labute approximate surface area is 158 Å². The van der Waals surface area contributed by atoms with Gasteiger partial charge in [-0.1, -0.05) is 6.07 Å². The molecule has 0 unspecified atom stereocenters. The molecule has 2 N–H and O–H groups in total. The van der Waals surface area contributed by atoms with Crippen molar-refractivity contribution in [2.75, 3.05) is 25.1 Å². The van der Waals surface area contributed by atoms with Gasteiger partial charge in [-0.3, -0.25) is 9.69 Å². The van der Waals surface area contributed by atoms with Gasteiger partial charge < -0.3 is 19.9 Å². The predicted octanol–water partition coefficient (Wildman–Crippen LogP) is 0.995. The van der Waals surface area contributed by atoms with E-state index in [1.54, 1.807) is 13.1 Å². The molecule has 0 radical (unpaired) electrons. The number of anilines is 1. The smallest absolute Gasteiger partial charge is 0.451 e. The van der Waals surface area contributed by atoms with Crippen LogP contribution in [-0.2, 0) is 30.6 Å². The maximum atomic E-state index is 13.0. The normalized spacial score (nSPS) is 20.4. The van der Waals surface area contributed by atoms with Crippen molar-refractivity contribution in [3.63, 3.8) is 0 Å². The summed E-state index contributed by atoms with van der Waals surface area (Å²) in [5, 5.41) is 6.99. The topological polar surface area (TPSA) is 89.5 Å². The maximum Gasteiger partial charge on any atom is 0.451 e. The minimum atomic E-state index is -4.51. The maximum absolute atomic E-state index is 13.0. The third-order valence-electron chi connectivity index (χ3n) is 4.94. The number of rotatable bonds is 2. The zero-order chi connectivity index (χ0) is 20.1. The average Bonchev–Trinajstić information content (AvgIpc) is 3.05. The lowest BCUT2D eigenvalue weighted by Gasteiger charge is -2.28. The van der Waals surface area contributed by atoms with E-state index in [1.165, 1.54) is 4.90 Å². The average molecular weight is 396 g/mol. The van der Waals surface area contributed by atoms with E-state index in [9.17, 15) is 18.0 Å². The summed E-state index contributed by atoms with van der Waals surface area (Å²) in [7, 11) is 1.64. The van der Waals surface area contributed by atoms with Crippen LogP contribution in [-0.4, -0.2) is 51.8 Å². The molecule has 8 nitrogen and oxygen atoms in total. The lowest BCUT2D eigenvalue weighted by atomic mass is 10.1. The molecule has 2 aliphatic rings. The quantitative estimate of drug-likeness (QED) is 0.815. The predicted molar refractivity (Wildman–Crippen MR) is 92.5 cm³/mol. The molecule has 0 saturated carbocycles. The number of aromatic nitrogens is 3. The third kappa shape index (κ3) is 3.31. The fourth-order valence-electron chi connectivity index (χ4n) is 3.47. The van der Waals surface area contributed by atoms with Crippen LogP contribution in [0.5, 0.6) is 5.75 Å². The van der Waals surface area contributed by atoms with Crippen molar-refractivity contribution in [3.05, 3.63) is 35.4 Å². The van der Waals surface area contributed by atoms with Crippen LogP contribution in [0.4, 0.5) is 18.9 Å². The van der Waals surface area contributed by atoms with E-state index in [0.29, 0.717) is 24.5 Å². The van der Waals surface area contributed by atoms with Gasteiger partial charge >= 0.3 is 6.18 Å². The molecule has 0 spiro atoms. The lowest BCUT2D eigenvalue weighted by molar-refractivity contribution is -0.148. The van der Waals surface area contributed by atoms with E-state index < -0.39 is 18.0 Å². The molecule has 1 atom stereocenters. The number of hydrogen-bond acceptors (Lipinski definition) is 6. The van der Waals surface area contributed by atoms with Gasteiger partial charge in [-0.15, -0.1) is 10.2 Å². The lowest BCUT2D eigenvalue weighted by Crippen LogP contribution is -2.43. The first-order chi connectivity index (χ1) is 13.2. The molecule has 2 aromatic rings. The number of nitrogens with zero attached hydrogens (tertiary/aromatic N) is 5. The van der Waals surface area contributed by atoms with E-state index in [1.807, 2.05) is 17.0 Å². The van der Waals surface area contributed by atoms with Crippen molar-refractivity contribution < 1.29 is 22.7 Å². The van der Waals surface area contributed by atoms with Crippen molar-refractivity contribution in [1.29, 1.82) is 0 Å². The fraction of sp³-hybridized carbons (Fsp3) is 0.471. The molecule has 0 bridgehead atoms. The van der Waals surface area contributed by atoms with Crippen LogP contribution >= 0.6 is 0 Å². The van der Waals surface area contributed by atoms with Crippen LogP contribution in [0.2, 0.25) is 0 Å². The van der Waals surface area contributed by atoms with Crippen molar-refractivity contribution in [2.24, 2.45) is 5.73 Å². The molecule has 3 heterocycles. The summed E-state index contributed by atoms with van der Waals surface area (Å²) in [6.45, 7) is 1.46. The van der Waals surface area contributed by atoms with Crippen LogP contribution in [0, 0.1) is 0 Å². The summed E-state index contributed by atoms with van der Waals surface area (Å²) in [5.41, 5.74) is 7.32. The summed E-state index contributed by atoms with van der Waals surface area (Å²) < 4.78 is 45.6. The van der Waals surface area contributed by atoms with Crippen molar-refractivity contribution >= 4 is 11.6 Å². The highest BCUT2D eigenvalue weighted by Crippen LogP contribution is 2.33. The third-order valence-corrected chi connectivity index (χ3v) is 4.94. The Morgan fingerprint density at radius 2 is 2.07 bits per heavy atom. The first-order valence-electron chi connectivity index (χ1n) is 8.74. The zero-order valence-corrected chi connectivity index (χ0v) is 15.1. The van der Waals surface area contributed by atoms with Crippen molar-refractivity contribution in [3.8, 4) is 5.75 Å². The van der Waals surface area contributed by atoms with E-state index in [4.69, 9.17) is 10.5 Å². The number of carbonyl (C=O) groups excluding carboxylic acids is 1. The van der Waals surface area contributed by atoms with Gasteiger partial charge in [-0.05, 0) is 17.7 Å². The number of hydrogen-bond donors (Lipinski definition) is 1. The van der Waals surface area contributed by atoms with Gasteiger partial charge in [0.25, 0.3) is 0 Å². The van der Waals surface area contributed by atoms with Gasteiger partial charge in [0.1, 0.15) is 24.2 Å². The van der Waals surface area contributed by atoms with Gasteiger partial charge in [-0.25, -0.2) is 0 Å². The van der Waals surface area contributed by atoms with E-state index in [0.717, 1.165) is 10.1 Å². The highest BCUT2D eigenvalue weighted by atomic mass is 19.4. The first kappa shape index (κ1) is 18.7. The van der Waals surface area contributed by atoms with Gasteiger partial charge in [-0.2, -0.15) is 13.2 Å². The van der Waals surface area contributed by atoms with Gasteiger partial charge in [0, 0.05) is 26.7 Å². The zero-order valence-electron chi connectivity index (χ0n) is 15.1. The summed E-state index contributed by atoms with van der Waals surface area (Å²) in [6.07, 6.45) is -4.51. The number of likely N-dealkylation sites (N-methyl/N-ethyl adjacent to an activating group) is 1. The monoisotopic (exact) mass is 396 g/mol. The number of alkyl halides is 3. The van der Waals surface area contributed by atoms with Crippen LogP contribution < -0.4 is 15.4 Å². The summed E-state index contributed by atoms with van der Waals surface area (Å²) >= 11 is 0. The molecule has 0 saturated heterocycles. The van der Waals surface area contributed by atoms with Gasteiger partial charge in [0.2, 0.25) is 11.7 Å². The van der Waals surface area contributed by atoms with E-state index in [-0.39, 0.29) is 31.4 Å². The van der Waals surface area contributed by atoms with Crippen LogP contribution in [0.1, 0.15) is 17.2 Å². The molecule has 0 fully saturated rings. The molecule has 2 aliphatic heterocycles. The van der Waals surface area contributed by atoms with Crippen LogP contribution in [0.3, 0.4) is 0 Å². The van der Waals surface area contributed by atoms with E-state index >= 15 is 0 Å². The van der Waals surface area contributed by atoms with Crippen LogP contribution in [0.25, 0.3) is 0 Å². The molecule has 0 aliphatic carbocycles. The molecule has 4 rings (SSSR count). The highest BCUT2D eigenvalue weighted by molar-refractivity contribution is 5.98. The van der Waals surface area contributed by atoms with Gasteiger partial charge in [0.05, 0.1) is 12.2 Å². The van der Waals surface area contributed by atoms with E-state index in [2.05, 4.69) is 10.2 Å². The Morgan fingerprint density at radius 3 is 2.82 bits per heavy atom. The summed E-state index contributed by atoms with van der Waals surface area (Å²) in [5.74, 6) is -0.335. The summed E-state index contributed by atoms with van der Waals surface area (Å²) in [4.78, 5) is 15.7. The Balaban J connectivity index is 1.52. The molecular formula is C17H19F3N6O2. The summed E-state index contributed by atoms with van der Waals surface area (Å²) in [6, 6.07) is 4.76. The minimum absolute atomic E-state index is 0.110. The SMILES string of the molecule is CN1C(=O)[C@@H](N)COc2ccc(CN3CCn4c(nnc4C(F)(F)F)C3)cc21. The largest absolute Gasteiger partial charge is 0.489 e. The first-order valence-corrected chi connectivity index (χ1v) is 8.74. The van der Waals surface area contributed by atoms with Gasteiger partial charge in [0.15, 0.2) is 0 Å². The number of carbonyl (C=O) groups is 1. The number of ether oxygens (including phenoxy) is 1. The number of fused-ring (bicyclic) bond motifs is 2. The van der Waals surface area contributed by atoms with Crippen molar-refractivity contribution in [1.82, 2.24) is 19.7 Å². The van der Waals surface area contributed by atoms with Crippen molar-refractivity contribution in [2.45, 2.75) is 31.9 Å². The Bertz CT molecular complexity index is 913. The second-order valence-electron chi connectivity index (χ2n) is 6.92. The number of nitrogens with two attached hydrogens (primary N) is 1. The Morgan fingerprint density at radius 1 is 1.29 bits per heavy atom. The number of benzene rings is 1. The minimum Gasteiger partial charge on any atom is -0.489 e. The Kier molecular flexibility index (Phi) is 4.50. The fourth-order valence-corrected chi connectivity index (χ4v) is 3.47. The molecule has 150 valence electrons. The number of halogens is 3. The molecule has 28 heavy (non-hydrogen) atoms. The second-order valence-corrected chi connectivity index (χ2v) is 6.92. The second kappa shape index (κ2) is 6.74.